The third-order valence-electron chi connectivity index (χ3n) is 3.70. The molecule has 164 valence electrons. The molecule has 1 aromatic rings. The molecule has 0 bridgehead atoms. The first-order chi connectivity index (χ1) is 13.6. The smallest absolute Gasteiger partial charge is 0.407 e. The van der Waals surface area contributed by atoms with Gasteiger partial charge in [-0.25, -0.2) is 4.79 Å². The number of nitrogens with one attached hydrogen (secondary N) is 2. The van der Waals surface area contributed by atoms with Crippen LogP contribution in [0.2, 0.25) is 0 Å². The average Bonchev–Trinajstić information content (AvgIpc) is 2.61. The summed E-state index contributed by atoms with van der Waals surface area (Å²) >= 11 is 0. The lowest BCUT2D eigenvalue weighted by atomic mass is 10.1. The number of ether oxygens (including phenoxy) is 2. The van der Waals surface area contributed by atoms with Crippen LogP contribution in [0.4, 0.5) is 4.79 Å². The maximum atomic E-state index is 11.6. The Labute approximate surface area is 174 Å². The van der Waals surface area contributed by atoms with E-state index in [1.165, 1.54) is 18.4 Å². The summed E-state index contributed by atoms with van der Waals surface area (Å²) in [5.74, 6) is -0.440. The van der Waals surface area contributed by atoms with Crippen LogP contribution in [0.5, 0.6) is 0 Å². The third kappa shape index (κ3) is 14.1. The molecule has 0 spiro atoms. The van der Waals surface area contributed by atoms with Gasteiger partial charge in [0.15, 0.2) is 0 Å². The molecule has 2 atom stereocenters. The van der Waals surface area contributed by atoms with Gasteiger partial charge >= 0.3 is 12.1 Å². The zero-order valence-corrected chi connectivity index (χ0v) is 18.5. The van der Waals surface area contributed by atoms with Gasteiger partial charge in [0.1, 0.15) is 5.60 Å². The molecule has 0 radical (unpaired) electrons. The molecule has 0 aromatic heterocycles. The lowest BCUT2D eigenvalue weighted by Crippen LogP contribution is -2.50. The van der Waals surface area contributed by atoms with Crippen molar-refractivity contribution in [2.75, 3.05) is 6.61 Å². The predicted molar refractivity (Wildman–Crippen MR) is 114 cm³/mol. The zero-order chi connectivity index (χ0) is 22.3. The van der Waals surface area contributed by atoms with Gasteiger partial charge in [-0.05, 0) is 46.6 Å². The van der Waals surface area contributed by atoms with Crippen LogP contribution >= 0.6 is 0 Å². The summed E-state index contributed by atoms with van der Waals surface area (Å²) in [6, 6.07) is 9.54. The van der Waals surface area contributed by atoms with Crippen molar-refractivity contribution >= 4 is 18.5 Å². The topological polar surface area (TPSA) is 93.7 Å². The molecule has 0 saturated heterocycles. The van der Waals surface area contributed by atoms with Crippen molar-refractivity contribution in [3.8, 4) is 0 Å². The Hall–Kier alpha value is -2.57. The van der Waals surface area contributed by atoms with Gasteiger partial charge in [-0.15, -0.1) is 0 Å². The van der Waals surface area contributed by atoms with Crippen LogP contribution in [0.25, 0.3) is 0 Å². The molecular formula is C22H36N2O5. The number of alkyl carbamates (subject to hydrolysis) is 1. The molecule has 0 fully saturated rings. The molecule has 0 aliphatic rings. The molecule has 0 heterocycles. The van der Waals surface area contributed by atoms with E-state index in [1.54, 1.807) is 34.6 Å². The van der Waals surface area contributed by atoms with E-state index in [4.69, 9.17) is 9.47 Å². The number of aryl methyl sites for hydroxylation is 1. The second kappa shape index (κ2) is 14.4. The predicted octanol–water partition coefficient (Wildman–Crippen LogP) is 3.61. The molecule has 0 aliphatic carbocycles. The van der Waals surface area contributed by atoms with Gasteiger partial charge in [-0.3, -0.25) is 9.59 Å². The van der Waals surface area contributed by atoms with E-state index in [2.05, 4.69) is 47.9 Å². The molecule has 29 heavy (non-hydrogen) atoms. The summed E-state index contributed by atoms with van der Waals surface area (Å²) in [5, 5.41) is 5.07. The summed E-state index contributed by atoms with van der Waals surface area (Å²) in [4.78, 5) is 33.6. The summed E-state index contributed by atoms with van der Waals surface area (Å²) in [5.41, 5.74) is 0.832. The molecule has 7 nitrogen and oxygen atoms in total. The van der Waals surface area contributed by atoms with E-state index in [-0.39, 0.29) is 13.0 Å². The number of hydrogen-bond donors (Lipinski definition) is 2. The highest BCUT2D eigenvalue weighted by Gasteiger charge is 2.24. The Morgan fingerprint density at radius 2 is 1.76 bits per heavy atom. The van der Waals surface area contributed by atoms with Crippen molar-refractivity contribution in [3.05, 3.63) is 35.9 Å². The fourth-order valence-corrected chi connectivity index (χ4v) is 2.39. The van der Waals surface area contributed by atoms with E-state index < -0.39 is 29.7 Å². The normalized spacial score (nSPS) is 12.5. The average molecular weight is 409 g/mol. The van der Waals surface area contributed by atoms with E-state index >= 15 is 0 Å². The van der Waals surface area contributed by atoms with Crippen LogP contribution in [0, 0.1) is 0 Å². The molecule has 0 aliphatic heterocycles. The number of hydrogen-bond acceptors (Lipinski definition) is 5. The molecular weight excluding hydrogens is 372 g/mol. The maximum absolute atomic E-state index is 11.6. The minimum absolute atomic E-state index is 0.0243. The number of carbonyl (C=O) groups is 3. The van der Waals surface area contributed by atoms with Crippen molar-refractivity contribution in [1.82, 2.24) is 10.6 Å². The molecule has 0 saturated carbocycles. The van der Waals surface area contributed by atoms with Gasteiger partial charge in [0.2, 0.25) is 6.41 Å². The van der Waals surface area contributed by atoms with E-state index in [0.29, 0.717) is 6.41 Å². The van der Waals surface area contributed by atoms with E-state index in [9.17, 15) is 14.4 Å². The Morgan fingerprint density at radius 3 is 2.24 bits per heavy atom. The lowest BCUT2D eigenvalue weighted by molar-refractivity contribution is -0.143. The van der Waals surface area contributed by atoms with Gasteiger partial charge < -0.3 is 20.1 Å². The van der Waals surface area contributed by atoms with Gasteiger partial charge in [0.05, 0.1) is 25.1 Å². The molecule has 1 aromatic carbocycles. The summed E-state index contributed by atoms with van der Waals surface area (Å²) < 4.78 is 9.92. The van der Waals surface area contributed by atoms with Crippen LogP contribution in [-0.4, -0.2) is 42.8 Å². The first-order valence-electron chi connectivity index (χ1n) is 10.0. The van der Waals surface area contributed by atoms with E-state index in [0.717, 1.165) is 0 Å². The van der Waals surface area contributed by atoms with E-state index in [1.807, 2.05) is 0 Å². The second-order valence-corrected chi connectivity index (χ2v) is 7.57. The van der Waals surface area contributed by atoms with Crippen LogP contribution in [0.3, 0.4) is 0 Å². The largest absolute Gasteiger partial charge is 0.466 e. The van der Waals surface area contributed by atoms with Crippen LogP contribution in [0.1, 0.15) is 59.9 Å². The van der Waals surface area contributed by atoms with Crippen LogP contribution in [-0.2, 0) is 25.5 Å². The second-order valence-electron chi connectivity index (χ2n) is 7.57. The van der Waals surface area contributed by atoms with Crippen molar-refractivity contribution in [1.29, 1.82) is 0 Å². The SMILES string of the molecule is CCCc1ccccc1.CCOC(=O)CC(NC=O)C(C)NC(=O)OC(C)(C)C. The maximum Gasteiger partial charge on any atom is 0.407 e. The fraction of sp³-hybridized carbons (Fsp3) is 0.591. The van der Waals surface area contributed by atoms with Crippen molar-refractivity contribution in [3.63, 3.8) is 0 Å². The number of amides is 2. The molecule has 2 unspecified atom stereocenters. The van der Waals surface area contributed by atoms with Gasteiger partial charge in [-0.2, -0.15) is 0 Å². The highest BCUT2D eigenvalue weighted by Crippen LogP contribution is 2.08. The highest BCUT2D eigenvalue weighted by molar-refractivity contribution is 5.72. The van der Waals surface area contributed by atoms with Crippen LogP contribution in [0.15, 0.2) is 30.3 Å². The molecule has 7 heteroatoms. The Morgan fingerprint density at radius 1 is 1.14 bits per heavy atom. The third-order valence-corrected chi connectivity index (χ3v) is 3.70. The first-order valence-corrected chi connectivity index (χ1v) is 10.0. The quantitative estimate of drug-likeness (QED) is 0.481. The lowest BCUT2D eigenvalue weighted by Gasteiger charge is -2.26. The Balaban J connectivity index is 0.000000717. The van der Waals surface area contributed by atoms with Crippen molar-refractivity contribution in [2.24, 2.45) is 0 Å². The molecule has 1 rings (SSSR count). The van der Waals surface area contributed by atoms with Crippen molar-refractivity contribution in [2.45, 2.75) is 78.5 Å². The Bertz CT molecular complexity index is 599. The van der Waals surface area contributed by atoms with Crippen LogP contribution < -0.4 is 10.6 Å². The minimum atomic E-state index is -0.613. The van der Waals surface area contributed by atoms with Gasteiger partial charge in [-0.1, -0.05) is 43.7 Å². The minimum Gasteiger partial charge on any atom is -0.466 e. The first kappa shape index (κ1) is 26.4. The number of benzene rings is 1. The summed E-state index contributed by atoms with van der Waals surface area (Å²) in [6.45, 7) is 11.1. The van der Waals surface area contributed by atoms with Crippen molar-refractivity contribution < 1.29 is 23.9 Å². The Kier molecular flexibility index (Phi) is 13.2. The molecule has 2 N–H and O–H groups in total. The monoisotopic (exact) mass is 408 g/mol. The fourth-order valence-electron chi connectivity index (χ4n) is 2.39. The standard InChI is InChI=1S/C13H24N2O5.C9H12/c1-6-19-11(17)7-10(14-8-16)9(2)15-12(18)20-13(3,4)5;1-2-6-9-7-4-3-5-8-9/h8-10H,6-7H2,1-5H3,(H,14,16)(H,15,18);3-5,7-8H,2,6H2,1H3. The summed E-state index contributed by atoms with van der Waals surface area (Å²) in [7, 11) is 0. The highest BCUT2D eigenvalue weighted by atomic mass is 16.6. The zero-order valence-electron chi connectivity index (χ0n) is 18.5. The number of carbonyl (C=O) groups excluding carboxylic acids is 3. The summed E-state index contributed by atoms with van der Waals surface area (Å²) in [6.07, 6.45) is 2.30. The number of esters is 1. The van der Waals surface area contributed by atoms with Gasteiger partial charge in [0, 0.05) is 0 Å². The molecule has 2 amide bonds. The van der Waals surface area contributed by atoms with Gasteiger partial charge in [0.25, 0.3) is 0 Å². The number of rotatable bonds is 9.